The molecule has 7 heteroatoms. The molecule has 7 nitrogen and oxygen atoms in total. The van der Waals surface area contributed by atoms with Crippen LogP contribution in [0.4, 0.5) is 0 Å². The van der Waals surface area contributed by atoms with Gasteiger partial charge in [0.1, 0.15) is 6.10 Å². The highest BCUT2D eigenvalue weighted by Gasteiger charge is 2.20. The van der Waals surface area contributed by atoms with Gasteiger partial charge in [-0.15, -0.1) is 0 Å². The van der Waals surface area contributed by atoms with Gasteiger partial charge in [-0.2, -0.15) is 0 Å². The molecule has 0 aliphatic heterocycles. The Hall–Kier alpha value is -2.08. The number of aliphatic hydroxyl groups is 2. The fourth-order valence-corrected chi connectivity index (χ4v) is 1.60. The van der Waals surface area contributed by atoms with Crippen molar-refractivity contribution in [3.63, 3.8) is 0 Å². The second-order valence-electron chi connectivity index (χ2n) is 3.99. The molecular formula is C12H15N3O4. The number of ether oxygens (including phenoxy) is 1. The Bertz CT molecular complexity index is 512. The van der Waals surface area contributed by atoms with E-state index in [4.69, 9.17) is 5.53 Å². The topological polar surface area (TPSA) is 116 Å². The van der Waals surface area contributed by atoms with E-state index in [1.807, 2.05) is 0 Å². The Morgan fingerprint density at radius 2 is 2.21 bits per heavy atom. The smallest absolute Gasteiger partial charge is 0.338 e. The van der Waals surface area contributed by atoms with Gasteiger partial charge in [-0.3, -0.25) is 0 Å². The van der Waals surface area contributed by atoms with E-state index < -0.39 is 18.2 Å². The lowest BCUT2D eigenvalue weighted by Crippen LogP contribution is -2.21. The number of aryl methyl sites for hydroxylation is 1. The summed E-state index contributed by atoms with van der Waals surface area (Å²) < 4.78 is 4.63. The van der Waals surface area contributed by atoms with Crippen LogP contribution in [-0.4, -0.2) is 35.9 Å². The van der Waals surface area contributed by atoms with E-state index in [0.717, 1.165) is 0 Å². The molecule has 0 radical (unpaired) electrons. The zero-order chi connectivity index (χ0) is 14.4. The van der Waals surface area contributed by atoms with Gasteiger partial charge in [-0.1, -0.05) is 17.2 Å². The second-order valence-corrected chi connectivity index (χ2v) is 3.99. The summed E-state index contributed by atoms with van der Waals surface area (Å²) in [6, 6.07) is 4.68. The van der Waals surface area contributed by atoms with Gasteiger partial charge in [-0.25, -0.2) is 4.79 Å². The lowest BCUT2D eigenvalue weighted by atomic mass is 9.99. The fourth-order valence-electron chi connectivity index (χ4n) is 1.60. The number of carbonyl (C=O) groups excluding carboxylic acids is 1. The molecule has 0 bridgehead atoms. The number of hydrogen-bond acceptors (Lipinski definition) is 5. The van der Waals surface area contributed by atoms with E-state index in [1.54, 1.807) is 19.1 Å². The zero-order valence-electron chi connectivity index (χ0n) is 10.6. The van der Waals surface area contributed by atoms with Crippen molar-refractivity contribution in [2.24, 2.45) is 5.11 Å². The van der Waals surface area contributed by atoms with E-state index >= 15 is 0 Å². The van der Waals surface area contributed by atoms with Gasteiger partial charge in [-0.05, 0) is 29.6 Å². The molecule has 1 rings (SSSR count). The van der Waals surface area contributed by atoms with Crippen LogP contribution in [0.2, 0.25) is 0 Å². The third-order valence-corrected chi connectivity index (χ3v) is 2.70. The molecule has 0 aliphatic rings. The Morgan fingerprint density at radius 1 is 1.53 bits per heavy atom. The molecule has 0 saturated carbocycles. The van der Waals surface area contributed by atoms with Gasteiger partial charge in [0.15, 0.2) is 0 Å². The van der Waals surface area contributed by atoms with Crippen molar-refractivity contribution in [3.8, 4) is 0 Å². The lowest BCUT2D eigenvalue weighted by Gasteiger charge is -2.17. The van der Waals surface area contributed by atoms with Crippen LogP contribution in [0.25, 0.3) is 10.4 Å². The number of rotatable bonds is 5. The van der Waals surface area contributed by atoms with Crippen LogP contribution in [-0.2, 0) is 4.74 Å². The van der Waals surface area contributed by atoms with E-state index in [1.165, 1.54) is 13.2 Å². The molecule has 0 saturated heterocycles. The molecule has 0 fully saturated rings. The van der Waals surface area contributed by atoms with Crippen molar-refractivity contribution in [3.05, 3.63) is 45.3 Å². The molecule has 102 valence electrons. The van der Waals surface area contributed by atoms with Gasteiger partial charge >= 0.3 is 5.97 Å². The average Bonchev–Trinajstić information content (AvgIpc) is 2.43. The van der Waals surface area contributed by atoms with Crippen molar-refractivity contribution >= 4 is 5.97 Å². The predicted octanol–water partition coefficient (Wildman–Crippen LogP) is 1.49. The Balaban J connectivity index is 3.01. The number of methoxy groups -OCH3 is 1. The van der Waals surface area contributed by atoms with Crippen LogP contribution in [0, 0.1) is 6.92 Å². The fraction of sp³-hybridized carbons (Fsp3) is 0.417. The first-order valence-corrected chi connectivity index (χ1v) is 5.57. The predicted molar refractivity (Wildman–Crippen MR) is 67.5 cm³/mol. The summed E-state index contributed by atoms with van der Waals surface area (Å²) in [6.07, 6.45) is -2.47. The molecule has 2 N–H and O–H groups in total. The highest BCUT2D eigenvalue weighted by Crippen LogP contribution is 2.21. The maximum atomic E-state index is 11.5. The van der Waals surface area contributed by atoms with Crippen LogP contribution >= 0.6 is 0 Å². The molecule has 0 aromatic heterocycles. The molecule has 19 heavy (non-hydrogen) atoms. The molecular weight excluding hydrogens is 250 g/mol. The number of azide groups is 1. The number of nitrogens with zero attached hydrogens (tertiary/aromatic N) is 3. The second kappa shape index (κ2) is 6.75. The SMILES string of the molecule is COC(=O)c1cc(C(O)C(O)CN=[N+]=[N-])ccc1C. The molecule has 2 unspecified atom stereocenters. The van der Waals surface area contributed by atoms with E-state index in [0.29, 0.717) is 16.7 Å². The largest absolute Gasteiger partial charge is 0.465 e. The van der Waals surface area contributed by atoms with Gasteiger partial charge in [0.2, 0.25) is 0 Å². The van der Waals surface area contributed by atoms with Gasteiger partial charge < -0.3 is 14.9 Å². The normalized spacial score (nSPS) is 13.3. The average molecular weight is 265 g/mol. The monoisotopic (exact) mass is 265 g/mol. The summed E-state index contributed by atoms with van der Waals surface area (Å²) in [7, 11) is 1.27. The number of esters is 1. The number of carbonyl (C=O) groups is 1. The van der Waals surface area contributed by atoms with Crippen molar-refractivity contribution in [1.82, 2.24) is 0 Å². The third kappa shape index (κ3) is 3.69. The van der Waals surface area contributed by atoms with Crippen LogP contribution in [0.5, 0.6) is 0 Å². The zero-order valence-corrected chi connectivity index (χ0v) is 10.6. The number of benzene rings is 1. The number of aliphatic hydroxyl groups excluding tert-OH is 2. The Morgan fingerprint density at radius 3 is 2.79 bits per heavy atom. The molecule has 1 aromatic rings. The molecule has 0 heterocycles. The van der Waals surface area contributed by atoms with Crippen molar-refractivity contribution in [2.75, 3.05) is 13.7 Å². The summed E-state index contributed by atoms with van der Waals surface area (Å²) in [5.74, 6) is -0.518. The lowest BCUT2D eigenvalue weighted by molar-refractivity contribution is 0.0243. The van der Waals surface area contributed by atoms with Crippen LogP contribution in [0.1, 0.15) is 27.6 Å². The van der Waals surface area contributed by atoms with Gasteiger partial charge in [0.25, 0.3) is 0 Å². The summed E-state index contributed by atoms with van der Waals surface area (Å²) >= 11 is 0. The molecule has 1 aromatic carbocycles. The van der Waals surface area contributed by atoms with E-state index in [2.05, 4.69) is 14.8 Å². The first-order valence-electron chi connectivity index (χ1n) is 5.57. The van der Waals surface area contributed by atoms with E-state index in [-0.39, 0.29) is 6.54 Å². The van der Waals surface area contributed by atoms with E-state index in [9.17, 15) is 15.0 Å². The minimum atomic E-state index is -1.24. The summed E-state index contributed by atoms with van der Waals surface area (Å²) in [5.41, 5.74) is 9.53. The van der Waals surface area contributed by atoms with Gasteiger partial charge in [0, 0.05) is 4.91 Å². The van der Waals surface area contributed by atoms with Crippen LogP contribution in [0.15, 0.2) is 23.3 Å². The molecule has 0 amide bonds. The maximum Gasteiger partial charge on any atom is 0.338 e. The summed E-state index contributed by atoms with van der Waals surface area (Å²) in [6.45, 7) is 1.48. The maximum absolute atomic E-state index is 11.5. The van der Waals surface area contributed by atoms with Crippen LogP contribution in [0.3, 0.4) is 0 Å². The molecule has 2 atom stereocenters. The van der Waals surface area contributed by atoms with Crippen molar-refractivity contribution in [1.29, 1.82) is 0 Å². The highest BCUT2D eigenvalue weighted by molar-refractivity contribution is 5.91. The summed E-state index contributed by atoms with van der Waals surface area (Å²) in [5, 5.41) is 22.7. The standard InChI is InChI=1S/C12H15N3O4/c1-7-3-4-8(5-9(7)12(18)19-2)11(17)10(16)6-14-15-13/h3-5,10-11,16-17H,6H2,1-2H3. The molecule has 0 spiro atoms. The van der Waals surface area contributed by atoms with Crippen molar-refractivity contribution < 1.29 is 19.7 Å². The Kier molecular flexibility index (Phi) is 5.32. The number of hydrogen-bond donors (Lipinski definition) is 2. The Labute approximate surface area is 110 Å². The minimum absolute atomic E-state index is 0.251. The first kappa shape index (κ1) is 15.0. The van der Waals surface area contributed by atoms with Crippen molar-refractivity contribution in [2.45, 2.75) is 19.1 Å². The molecule has 0 aliphatic carbocycles. The first-order chi connectivity index (χ1) is 9.01. The third-order valence-electron chi connectivity index (χ3n) is 2.70. The van der Waals surface area contributed by atoms with Crippen LogP contribution < -0.4 is 0 Å². The summed E-state index contributed by atoms with van der Waals surface area (Å²) in [4.78, 5) is 14.0. The van der Waals surface area contributed by atoms with Gasteiger partial charge in [0.05, 0.1) is 25.3 Å². The minimum Gasteiger partial charge on any atom is -0.465 e. The highest BCUT2D eigenvalue weighted by atomic mass is 16.5. The quantitative estimate of drug-likeness (QED) is 0.363.